The van der Waals surface area contributed by atoms with Crippen LogP contribution in [0.15, 0.2) is 29.2 Å². The average Bonchev–Trinajstić information content (AvgIpc) is 2.59. The van der Waals surface area contributed by atoms with Gasteiger partial charge in [-0.25, -0.2) is 8.42 Å². The molecule has 0 spiro atoms. The molecule has 0 aromatic heterocycles. The Morgan fingerprint density at radius 2 is 2.04 bits per heavy atom. The lowest BCUT2D eigenvalue weighted by Crippen LogP contribution is -2.47. The fraction of sp³-hybridized carbons (Fsp3) is 0.562. The van der Waals surface area contributed by atoms with Crippen LogP contribution in [0, 0.1) is 5.92 Å². The molecule has 1 saturated heterocycles. The summed E-state index contributed by atoms with van der Waals surface area (Å²) in [5.41, 5.74) is -1.27. The lowest BCUT2D eigenvalue weighted by Gasteiger charge is -2.24. The van der Waals surface area contributed by atoms with E-state index < -0.39 is 38.6 Å². The molecule has 10 heteroatoms. The van der Waals surface area contributed by atoms with E-state index in [0.717, 1.165) is 38.1 Å². The second-order valence-corrected chi connectivity index (χ2v) is 7.98. The molecule has 1 aliphatic rings. The Labute approximate surface area is 150 Å². The van der Waals surface area contributed by atoms with E-state index in [-0.39, 0.29) is 5.92 Å². The van der Waals surface area contributed by atoms with E-state index in [9.17, 15) is 26.4 Å². The number of sulfonamides is 1. The van der Waals surface area contributed by atoms with Crippen LogP contribution >= 0.6 is 0 Å². The molecule has 26 heavy (non-hydrogen) atoms. The molecular weight excluding hydrogens is 371 g/mol. The van der Waals surface area contributed by atoms with Crippen molar-refractivity contribution in [1.82, 2.24) is 15.4 Å². The fourth-order valence-electron chi connectivity index (χ4n) is 2.78. The number of piperidine rings is 1. The lowest BCUT2D eigenvalue weighted by molar-refractivity contribution is -0.139. The highest BCUT2D eigenvalue weighted by atomic mass is 32.2. The van der Waals surface area contributed by atoms with Gasteiger partial charge in [-0.05, 0) is 50.9 Å². The monoisotopic (exact) mass is 393 g/mol. The van der Waals surface area contributed by atoms with Crippen LogP contribution < -0.4 is 15.4 Å². The maximum Gasteiger partial charge on any atom is 0.417 e. The van der Waals surface area contributed by atoms with Gasteiger partial charge in [0.15, 0.2) is 0 Å². The van der Waals surface area contributed by atoms with Gasteiger partial charge < -0.3 is 10.6 Å². The first-order valence-corrected chi connectivity index (χ1v) is 9.76. The summed E-state index contributed by atoms with van der Waals surface area (Å²) in [6, 6.07) is 2.66. The number of amides is 1. The minimum absolute atomic E-state index is 0.252. The minimum atomic E-state index is -4.81. The van der Waals surface area contributed by atoms with Crippen LogP contribution in [0.1, 0.15) is 25.3 Å². The smallest absolute Gasteiger partial charge is 0.354 e. The molecule has 1 heterocycles. The van der Waals surface area contributed by atoms with Crippen molar-refractivity contribution in [3.8, 4) is 0 Å². The number of benzene rings is 1. The molecule has 1 amide bonds. The number of nitrogens with one attached hydrogen (secondary N) is 3. The van der Waals surface area contributed by atoms with Crippen LogP contribution in [0.2, 0.25) is 0 Å². The Hall–Kier alpha value is -1.65. The molecular formula is C16H22F3N3O3S. The lowest BCUT2D eigenvalue weighted by atomic mass is 10.00. The highest BCUT2D eigenvalue weighted by molar-refractivity contribution is 7.89. The van der Waals surface area contributed by atoms with E-state index in [1.165, 1.54) is 13.0 Å². The Morgan fingerprint density at radius 1 is 1.35 bits per heavy atom. The maximum atomic E-state index is 13.0. The van der Waals surface area contributed by atoms with Crippen LogP contribution in [0.3, 0.4) is 0 Å². The third-order valence-electron chi connectivity index (χ3n) is 4.17. The zero-order valence-electron chi connectivity index (χ0n) is 14.3. The summed E-state index contributed by atoms with van der Waals surface area (Å²) < 4.78 is 65.7. The van der Waals surface area contributed by atoms with E-state index in [1.807, 2.05) is 4.72 Å². The highest BCUT2D eigenvalue weighted by Gasteiger charge is 2.37. The summed E-state index contributed by atoms with van der Waals surface area (Å²) in [6.07, 6.45) is -2.87. The van der Waals surface area contributed by atoms with E-state index in [0.29, 0.717) is 12.6 Å². The normalized spacial score (nSPS) is 19.8. The second kappa shape index (κ2) is 8.36. The molecule has 0 radical (unpaired) electrons. The molecule has 0 saturated carbocycles. The summed E-state index contributed by atoms with van der Waals surface area (Å²) in [7, 11) is -4.50. The number of alkyl halides is 3. The molecule has 0 bridgehead atoms. The predicted molar refractivity (Wildman–Crippen MR) is 89.8 cm³/mol. The molecule has 3 N–H and O–H groups in total. The van der Waals surface area contributed by atoms with Gasteiger partial charge >= 0.3 is 6.18 Å². The van der Waals surface area contributed by atoms with Gasteiger partial charge in [-0.3, -0.25) is 4.79 Å². The first kappa shape index (κ1) is 20.7. The quantitative estimate of drug-likeness (QED) is 0.683. The Kier molecular flexibility index (Phi) is 6.64. The third kappa shape index (κ3) is 5.42. The van der Waals surface area contributed by atoms with Crippen LogP contribution in [0.25, 0.3) is 0 Å². The van der Waals surface area contributed by atoms with Gasteiger partial charge in [0.1, 0.15) is 0 Å². The van der Waals surface area contributed by atoms with Crippen molar-refractivity contribution < 1.29 is 26.4 Å². The largest absolute Gasteiger partial charge is 0.417 e. The summed E-state index contributed by atoms with van der Waals surface area (Å²) in [4.78, 5) is 11.2. The summed E-state index contributed by atoms with van der Waals surface area (Å²) in [5.74, 6) is -0.328. The van der Waals surface area contributed by atoms with Crippen molar-refractivity contribution >= 4 is 15.9 Å². The molecule has 2 atom stereocenters. The van der Waals surface area contributed by atoms with Crippen molar-refractivity contribution in [2.45, 2.75) is 36.9 Å². The minimum Gasteiger partial charge on any atom is -0.354 e. The van der Waals surface area contributed by atoms with Crippen molar-refractivity contribution in [1.29, 1.82) is 0 Å². The van der Waals surface area contributed by atoms with Crippen LogP contribution in [0.4, 0.5) is 13.2 Å². The molecule has 1 aromatic rings. The standard InChI is InChI=1S/C16H22F3N3O3S/c1-11(15(23)21-10-12-5-4-8-20-9-12)22-26(24,25)14-7-3-2-6-13(14)16(17,18)19/h2-3,6-7,11-12,20,22H,4-5,8-10H2,1H3,(H,21,23). The zero-order valence-corrected chi connectivity index (χ0v) is 15.1. The van der Waals surface area contributed by atoms with E-state index in [1.54, 1.807) is 0 Å². The van der Waals surface area contributed by atoms with Gasteiger partial charge in [0.05, 0.1) is 16.5 Å². The SMILES string of the molecule is CC(NS(=O)(=O)c1ccccc1C(F)(F)F)C(=O)NCC1CCCNC1. The average molecular weight is 393 g/mol. The van der Waals surface area contributed by atoms with Gasteiger partial charge in [-0.1, -0.05) is 12.1 Å². The number of rotatable bonds is 6. The Morgan fingerprint density at radius 3 is 2.65 bits per heavy atom. The highest BCUT2D eigenvalue weighted by Crippen LogP contribution is 2.33. The third-order valence-corrected chi connectivity index (χ3v) is 5.77. The number of halogens is 3. The number of carbonyl (C=O) groups is 1. The van der Waals surface area contributed by atoms with Gasteiger partial charge in [-0.15, -0.1) is 0 Å². The zero-order chi connectivity index (χ0) is 19.4. The fourth-order valence-corrected chi connectivity index (χ4v) is 4.21. The molecule has 6 nitrogen and oxygen atoms in total. The number of carbonyl (C=O) groups excluding carboxylic acids is 1. The maximum absolute atomic E-state index is 13.0. The van der Waals surface area contributed by atoms with Gasteiger partial charge in [0, 0.05) is 6.54 Å². The molecule has 2 unspecified atom stereocenters. The van der Waals surface area contributed by atoms with Crippen molar-refractivity contribution in [2.75, 3.05) is 19.6 Å². The van der Waals surface area contributed by atoms with E-state index in [2.05, 4.69) is 10.6 Å². The first-order chi connectivity index (χ1) is 12.1. The molecule has 0 aliphatic carbocycles. The molecule has 1 aliphatic heterocycles. The van der Waals surface area contributed by atoms with E-state index >= 15 is 0 Å². The Bertz CT molecular complexity index is 732. The first-order valence-electron chi connectivity index (χ1n) is 8.28. The number of hydrogen-bond acceptors (Lipinski definition) is 4. The van der Waals surface area contributed by atoms with Gasteiger partial charge in [0.2, 0.25) is 15.9 Å². The van der Waals surface area contributed by atoms with Gasteiger partial charge in [0.25, 0.3) is 0 Å². The van der Waals surface area contributed by atoms with Crippen LogP contribution in [-0.2, 0) is 21.0 Å². The topological polar surface area (TPSA) is 87.3 Å². The number of hydrogen-bond donors (Lipinski definition) is 3. The summed E-state index contributed by atoms with van der Waals surface area (Å²) in [6.45, 7) is 3.37. The molecule has 1 fully saturated rings. The van der Waals surface area contributed by atoms with E-state index in [4.69, 9.17) is 0 Å². The molecule has 2 rings (SSSR count). The van der Waals surface area contributed by atoms with Crippen LogP contribution in [-0.4, -0.2) is 40.0 Å². The van der Waals surface area contributed by atoms with Gasteiger partial charge in [-0.2, -0.15) is 17.9 Å². The Balaban J connectivity index is 2.03. The molecule has 146 valence electrons. The van der Waals surface area contributed by atoms with Crippen LogP contribution in [0.5, 0.6) is 0 Å². The summed E-state index contributed by atoms with van der Waals surface area (Å²) in [5, 5.41) is 5.84. The predicted octanol–water partition coefficient (Wildman–Crippen LogP) is 1.49. The van der Waals surface area contributed by atoms with Crippen molar-refractivity contribution in [2.24, 2.45) is 5.92 Å². The van der Waals surface area contributed by atoms with Crippen molar-refractivity contribution in [3.05, 3.63) is 29.8 Å². The summed E-state index contributed by atoms with van der Waals surface area (Å²) >= 11 is 0. The van der Waals surface area contributed by atoms with Crippen molar-refractivity contribution in [3.63, 3.8) is 0 Å². The molecule has 1 aromatic carbocycles. The second-order valence-electron chi connectivity index (χ2n) is 6.29.